The molecule has 6 heteroatoms. The summed E-state index contributed by atoms with van der Waals surface area (Å²) < 4.78 is 0. The van der Waals surface area contributed by atoms with Crippen LogP contribution in [0.5, 0.6) is 0 Å². The molecule has 1 atom stereocenters. The number of amides is 2. The highest BCUT2D eigenvalue weighted by atomic mass is 32.1. The summed E-state index contributed by atoms with van der Waals surface area (Å²) in [5.41, 5.74) is 0.815. The molecule has 26 heavy (non-hydrogen) atoms. The highest BCUT2D eigenvalue weighted by molar-refractivity contribution is 7.15. The molecule has 1 aromatic heterocycles. The minimum Gasteiger partial charge on any atom is -0.327 e. The molecule has 0 saturated carbocycles. The molecule has 2 aromatic rings. The van der Waals surface area contributed by atoms with Gasteiger partial charge in [0.1, 0.15) is 6.04 Å². The maximum atomic E-state index is 13.1. The number of rotatable bonds is 4. The summed E-state index contributed by atoms with van der Waals surface area (Å²) in [5.74, 6) is -0.170. The Bertz CT molecular complexity index is 780. The van der Waals surface area contributed by atoms with Crippen molar-refractivity contribution < 1.29 is 9.59 Å². The van der Waals surface area contributed by atoms with Gasteiger partial charge in [-0.1, -0.05) is 51.1 Å². The predicted octanol–water partition coefficient (Wildman–Crippen LogP) is 4.13. The van der Waals surface area contributed by atoms with Gasteiger partial charge in [-0.2, -0.15) is 0 Å². The Morgan fingerprint density at radius 2 is 1.96 bits per heavy atom. The molecule has 0 bridgehead atoms. The number of carbonyl (C=O) groups is 2. The summed E-state index contributed by atoms with van der Waals surface area (Å²) in [6.45, 7) is 6.96. The van der Waals surface area contributed by atoms with Crippen LogP contribution < -0.4 is 5.32 Å². The van der Waals surface area contributed by atoms with E-state index in [1.54, 1.807) is 4.90 Å². The van der Waals surface area contributed by atoms with Crippen molar-refractivity contribution in [3.05, 3.63) is 47.0 Å². The zero-order valence-corrected chi connectivity index (χ0v) is 16.3. The number of carbonyl (C=O) groups excluding carboxylic acids is 2. The van der Waals surface area contributed by atoms with Crippen LogP contribution in [0.25, 0.3) is 0 Å². The monoisotopic (exact) mass is 371 g/mol. The molecule has 2 heterocycles. The maximum Gasteiger partial charge on any atom is 0.253 e. The van der Waals surface area contributed by atoms with E-state index < -0.39 is 6.04 Å². The molecule has 0 aliphatic carbocycles. The van der Waals surface area contributed by atoms with Crippen LogP contribution in [0.15, 0.2) is 36.5 Å². The molecule has 1 unspecified atom stereocenters. The Morgan fingerprint density at radius 1 is 1.23 bits per heavy atom. The molecular formula is C20H25N3O2S. The zero-order chi connectivity index (χ0) is 18.7. The highest BCUT2D eigenvalue weighted by Crippen LogP contribution is 2.32. The van der Waals surface area contributed by atoms with Crippen LogP contribution in [0.2, 0.25) is 0 Å². The molecule has 1 fully saturated rings. The summed E-state index contributed by atoms with van der Waals surface area (Å²) >= 11 is 1.48. The first-order valence-corrected chi connectivity index (χ1v) is 9.79. The van der Waals surface area contributed by atoms with Crippen molar-refractivity contribution in [3.8, 4) is 0 Å². The lowest BCUT2D eigenvalue weighted by Crippen LogP contribution is -2.43. The molecule has 1 saturated heterocycles. The Morgan fingerprint density at radius 3 is 2.58 bits per heavy atom. The normalized spacial score (nSPS) is 16.4. The fourth-order valence-corrected chi connectivity index (χ4v) is 3.94. The molecular weight excluding hydrogens is 346 g/mol. The summed E-state index contributed by atoms with van der Waals surface area (Å²) in [4.78, 5) is 32.7. The van der Waals surface area contributed by atoms with E-state index >= 15 is 0 Å². The Hall–Kier alpha value is -2.21. The standard InChI is InChI=1S/C20H25N3O2S/c1-20(2,3)15-13-21-19(26-15)22-18(25)17(14-9-5-4-6-10-14)23-12-8-7-11-16(23)24/h4-6,9-10,13,17H,7-8,11-12H2,1-3H3,(H,21,22,25). The van der Waals surface area contributed by atoms with Gasteiger partial charge in [-0.25, -0.2) is 4.98 Å². The number of hydrogen-bond acceptors (Lipinski definition) is 4. The molecule has 1 aliphatic heterocycles. The van der Waals surface area contributed by atoms with E-state index in [-0.39, 0.29) is 17.2 Å². The van der Waals surface area contributed by atoms with Gasteiger partial charge in [0.15, 0.2) is 5.13 Å². The van der Waals surface area contributed by atoms with Gasteiger partial charge >= 0.3 is 0 Å². The quantitative estimate of drug-likeness (QED) is 0.879. The van der Waals surface area contributed by atoms with E-state index in [1.165, 1.54) is 11.3 Å². The molecule has 1 aromatic carbocycles. The van der Waals surface area contributed by atoms with E-state index in [2.05, 4.69) is 31.1 Å². The van der Waals surface area contributed by atoms with Crippen LogP contribution in [0.4, 0.5) is 5.13 Å². The summed E-state index contributed by atoms with van der Waals surface area (Å²) in [6.07, 6.45) is 4.12. The second-order valence-electron chi connectivity index (χ2n) is 7.63. The van der Waals surface area contributed by atoms with Gasteiger partial charge in [-0.3, -0.25) is 14.9 Å². The number of piperidine rings is 1. The first-order chi connectivity index (χ1) is 12.4. The van der Waals surface area contributed by atoms with Crippen molar-refractivity contribution in [2.45, 2.75) is 51.5 Å². The van der Waals surface area contributed by atoms with Crippen LogP contribution in [0.1, 0.15) is 56.5 Å². The third-order valence-electron chi connectivity index (χ3n) is 4.51. The molecule has 5 nitrogen and oxygen atoms in total. The van der Waals surface area contributed by atoms with Crippen LogP contribution >= 0.6 is 11.3 Å². The number of aromatic nitrogens is 1. The van der Waals surface area contributed by atoms with Crippen LogP contribution in [0, 0.1) is 0 Å². The third-order valence-corrected chi connectivity index (χ3v) is 5.85. The number of likely N-dealkylation sites (tertiary alicyclic amines) is 1. The van der Waals surface area contributed by atoms with E-state index in [9.17, 15) is 9.59 Å². The molecule has 0 spiro atoms. The maximum absolute atomic E-state index is 13.1. The van der Waals surface area contributed by atoms with E-state index in [0.717, 1.165) is 23.3 Å². The van der Waals surface area contributed by atoms with Gasteiger partial charge in [0.2, 0.25) is 5.91 Å². The average Bonchev–Trinajstić information content (AvgIpc) is 3.07. The second kappa shape index (κ2) is 7.58. The molecule has 1 aliphatic rings. The molecule has 3 rings (SSSR count). The van der Waals surface area contributed by atoms with Crippen molar-refractivity contribution in [2.24, 2.45) is 0 Å². The molecule has 138 valence electrons. The number of anilines is 1. The fraction of sp³-hybridized carbons (Fsp3) is 0.450. The first-order valence-electron chi connectivity index (χ1n) is 8.98. The SMILES string of the molecule is CC(C)(C)c1cnc(NC(=O)C(c2ccccc2)N2CCCCC2=O)s1. The Kier molecular flexibility index (Phi) is 5.41. The van der Waals surface area contributed by atoms with Crippen LogP contribution in [-0.2, 0) is 15.0 Å². The van der Waals surface area contributed by atoms with Gasteiger partial charge in [0.25, 0.3) is 5.91 Å². The Balaban J connectivity index is 1.85. The minimum atomic E-state index is -0.619. The smallest absolute Gasteiger partial charge is 0.253 e. The van der Waals surface area contributed by atoms with Gasteiger partial charge in [0.05, 0.1) is 0 Å². The van der Waals surface area contributed by atoms with Crippen LogP contribution in [-0.4, -0.2) is 28.2 Å². The number of benzene rings is 1. The number of hydrogen-bond donors (Lipinski definition) is 1. The number of nitrogens with one attached hydrogen (secondary N) is 1. The number of nitrogens with zero attached hydrogens (tertiary/aromatic N) is 2. The minimum absolute atomic E-state index is 0.0116. The van der Waals surface area contributed by atoms with Crippen molar-refractivity contribution in [2.75, 3.05) is 11.9 Å². The summed E-state index contributed by atoms with van der Waals surface area (Å²) in [5, 5.41) is 3.50. The van der Waals surface area contributed by atoms with Gasteiger partial charge in [0, 0.05) is 24.0 Å². The van der Waals surface area contributed by atoms with Crippen molar-refractivity contribution in [3.63, 3.8) is 0 Å². The lowest BCUT2D eigenvalue weighted by atomic mass is 9.96. The fourth-order valence-electron chi connectivity index (χ4n) is 3.06. The molecule has 2 amide bonds. The first kappa shape index (κ1) is 18.6. The lowest BCUT2D eigenvalue weighted by Gasteiger charge is -2.33. The van der Waals surface area contributed by atoms with Crippen molar-refractivity contribution >= 4 is 28.3 Å². The van der Waals surface area contributed by atoms with Crippen molar-refractivity contribution in [1.29, 1.82) is 0 Å². The summed E-state index contributed by atoms with van der Waals surface area (Å²) in [6, 6.07) is 8.87. The molecule has 1 N–H and O–H groups in total. The molecule has 0 radical (unpaired) electrons. The van der Waals surface area contributed by atoms with E-state index in [4.69, 9.17) is 0 Å². The zero-order valence-electron chi connectivity index (χ0n) is 15.5. The van der Waals surface area contributed by atoms with Crippen molar-refractivity contribution in [1.82, 2.24) is 9.88 Å². The van der Waals surface area contributed by atoms with E-state index in [0.29, 0.717) is 18.1 Å². The van der Waals surface area contributed by atoms with Gasteiger partial charge < -0.3 is 4.90 Å². The predicted molar refractivity (Wildman–Crippen MR) is 104 cm³/mol. The third kappa shape index (κ3) is 4.12. The Labute approximate surface area is 158 Å². The number of thiazole rings is 1. The van der Waals surface area contributed by atoms with Gasteiger partial charge in [-0.15, -0.1) is 11.3 Å². The topological polar surface area (TPSA) is 62.3 Å². The largest absolute Gasteiger partial charge is 0.327 e. The van der Waals surface area contributed by atoms with E-state index in [1.807, 2.05) is 36.5 Å². The highest BCUT2D eigenvalue weighted by Gasteiger charge is 2.33. The van der Waals surface area contributed by atoms with Crippen LogP contribution in [0.3, 0.4) is 0 Å². The van der Waals surface area contributed by atoms with Gasteiger partial charge in [-0.05, 0) is 23.8 Å². The average molecular weight is 372 g/mol. The second-order valence-corrected chi connectivity index (χ2v) is 8.66. The summed E-state index contributed by atoms with van der Waals surface area (Å²) in [7, 11) is 0. The lowest BCUT2D eigenvalue weighted by molar-refractivity contribution is -0.141.